The SMILES string of the molecule is CCC(NCCc1ccc(O)c2[nH]c(=O)ccc12)c1ccc(OCCC[N+]23CCC(CC2)CC3)cc1. The first-order valence-corrected chi connectivity index (χ1v) is 13.7. The number of H-pyrrole nitrogens is 1. The van der Waals surface area contributed by atoms with E-state index in [0.717, 1.165) is 55.0 Å². The molecule has 3 aliphatic heterocycles. The summed E-state index contributed by atoms with van der Waals surface area (Å²) >= 11 is 0. The number of nitrogens with one attached hydrogen (secondary N) is 2. The molecule has 0 saturated carbocycles. The third kappa shape index (κ3) is 5.60. The summed E-state index contributed by atoms with van der Waals surface area (Å²) in [5.41, 5.74) is 2.66. The topological polar surface area (TPSA) is 74.4 Å². The van der Waals surface area contributed by atoms with Gasteiger partial charge >= 0.3 is 0 Å². The number of rotatable bonds is 11. The number of aromatic hydroxyl groups is 1. The summed E-state index contributed by atoms with van der Waals surface area (Å²) in [6.45, 7) is 9.20. The molecule has 4 heterocycles. The summed E-state index contributed by atoms with van der Waals surface area (Å²) in [7, 11) is 0. The Kier molecular flexibility index (Phi) is 7.63. The minimum absolute atomic E-state index is 0.105. The molecule has 6 nitrogen and oxygen atoms in total. The van der Waals surface area contributed by atoms with Gasteiger partial charge in [-0.2, -0.15) is 0 Å². The number of fused-ring (bicyclic) bond motifs is 4. The van der Waals surface area contributed by atoms with Gasteiger partial charge in [-0.15, -0.1) is 0 Å². The Morgan fingerprint density at radius 1 is 1.06 bits per heavy atom. The first-order chi connectivity index (χ1) is 17.5. The van der Waals surface area contributed by atoms with E-state index in [1.807, 2.05) is 6.07 Å². The van der Waals surface area contributed by atoms with Crippen LogP contribution >= 0.6 is 0 Å². The highest BCUT2D eigenvalue weighted by atomic mass is 16.5. The van der Waals surface area contributed by atoms with Crippen molar-refractivity contribution in [3.05, 3.63) is 70.0 Å². The number of benzene rings is 2. The molecular weight excluding hydrogens is 450 g/mol. The molecule has 6 rings (SSSR count). The third-order valence-corrected chi connectivity index (χ3v) is 8.52. The monoisotopic (exact) mass is 490 g/mol. The highest BCUT2D eigenvalue weighted by Gasteiger charge is 2.38. The minimum Gasteiger partial charge on any atom is -0.506 e. The van der Waals surface area contributed by atoms with Crippen LogP contribution in [0, 0.1) is 5.92 Å². The number of nitrogens with zero attached hydrogens (tertiary/aromatic N) is 1. The highest BCUT2D eigenvalue weighted by Crippen LogP contribution is 2.33. The summed E-state index contributed by atoms with van der Waals surface area (Å²) in [5.74, 6) is 2.07. The van der Waals surface area contributed by atoms with Crippen molar-refractivity contribution < 1.29 is 14.3 Å². The van der Waals surface area contributed by atoms with Crippen molar-refractivity contribution in [2.45, 2.75) is 51.5 Å². The smallest absolute Gasteiger partial charge is 0.248 e. The van der Waals surface area contributed by atoms with Gasteiger partial charge < -0.3 is 24.6 Å². The van der Waals surface area contributed by atoms with Crippen LogP contribution in [-0.4, -0.2) is 53.9 Å². The maximum atomic E-state index is 11.6. The normalized spacial score (nSPS) is 22.1. The minimum atomic E-state index is -0.207. The number of aromatic nitrogens is 1. The number of piperidine rings is 3. The molecule has 0 aliphatic carbocycles. The zero-order chi connectivity index (χ0) is 25.0. The van der Waals surface area contributed by atoms with Crippen LogP contribution in [0.2, 0.25) is 0 Å². The molecule has 1 unspecified atom stereocenters. The number of hydrogen-bond acceptors (Lipinski definition) is 4. The van der Waals surface area contributed by atoms with E-state index in [4.69, 9.17) is 4.74 Å². The summed E-state index contributed by atoms with van der Waals surface area (Å²) in [6.07, 6.45) is 7.22. The Hall–Kier alpha value is -2.83. The summed E-state index contributed by atoms with van der Waals surface area (Å²) < 4.78 is 7.42. The fourth-order valence-corrected chi connectivity index (χ4v) is 6.25. The van der Waals surface area contributed by atoms with Crippen LogP contribution in [-0.2, 0) is 6.42 Å². The molecule has 36 heavy (non-hydrogen) atoms. The molecule has 3 saturated heterocycles. The van der Waals surface area contributed by atoms with E-state index < -0.39 is 0 Å². The molecule has 192 valence electrons. The third-order valence-electron chi connectivity index (χ3n) is 8.52. The molecule has 3 aliphatic rings. The molecule has 1 aromatic heterocycles. The van der Waals surface area contributed by atoms with Crippen LogP contribution in [0.1, 0.15) is 56.2 Å². The average molecular weight is 491 g/mol. The molecule has 2 bridgehead atoms. The molecule has 3 N–H and O–H groups in total. The molecule has 0 radical (unpaired) electrons. The predicted octanol–water partition coefficient (Wildman–Crippen LogP) is 4.92. The number of ether oxygens (including phenoxy) is 1. The molecule has 0 amide bonds. The number of hydrogen-bond donors (Lipinski definition) is 3. The van der Waals surface area contributed by atoms with Gasteiger partial charge in [-0.3, -0.25) is 4.79 Å². The second-order valence-electron chi connectivity index (χ2n) is 10.8. The van der Waals surface area contributed by atoms with Gasteiger partial charge in [-0.05, 0) is 80.0 Å². The van der Waals surface area contributed by atoms with Gasteiger partial charge in [-0.25, -0.2) is 0 Å². The molecule has 1 atom stereocenters. The molecule has 3 aromatic rings. The van der Waals surface area contributed by atoms with Crippen molar-refractivity contribution in [2.24, 2.45) is 5.92 Å². The Morgan fingerprint density at radius 3 is 2.53 bits per heavy atom. The number of phenols is 1. The number of phenolic OH excluding ortho intramolecular Hbond substituents is 1. The summed E-state index contributed by atoms with van der Waals surface area (Å²) in [6, 6.07) is 15.7. The van der Waals surface area contributed by atoms with E-state index in [0.29, 0.717) is 5.52 Å². The van der Waals surface area contributed by atoms with E-state index in [9.17, 15) is 9.90 Å². The summed E-state index contributed by atoms with van der Waals surface area (Å²) in [4.78, 5) is 14.4. The predicted molar refractivity (Wildman–Crippen MR) is 145 cm³/mol. The van der Waals surface area contributed by atoms with Crippen LogP contribution in [0.25, 0.3) is 10.9 Å². The van der Waals surface area contributed by atoms with Crippen molar-refractivity contribution in [1.29, 1.82) is 0 Å². The van der Waals surface area contributed by atoms with E-state index in [2.05, 4.69) is 41.5 Å². The first-order valence-electron chi connectivity index (χ1n) is 13.7. The van der Waals surface area contributed by atoms with Gasteiger partial charge in [-0.1, -0.05) is 25.1 Å². The van der Waals surface area contributed by atoms with Crippen molar-refractivity contribution in [2.75, 3.05) is 39.3 Å². The Bertz CT molecular complexity index is 1200. The van der Waals surface area contributed by atoms with Crippen LogP contribution in [0.3, 0.4) is 0 Å². The van der Waals surface area contributed by atoms with E-state index >= 15 is 0 Å². The lowest BCUT2D eigenvalue weighted by atomic mass is 9.85. The van der Waals surface area contributed by atoms with E-state index in [1.54, 1.807) is 12.1 Å². The maximum absolute atomic E-state index is 11.6. The quantitative estimate of drug-likeness (QED) is 0.264. The van der Waals surface area contributed by atoms with Crippen LogP contribution in [0.15, 0.2) is 53.3 Å². The van der Waals surface area contributed by atoms with E-state index in [1.165, 1.54) is 61.6 Å². The first kappa shape index (κ1) is 24.8. The molecule has 2 aromatic carbocycles. The van der Waals surface area contributed by atoms with Gasteiger partial charge in [0.1, 0.15) is 11.5 Å². The van der Waals surface area contributed by atoms with E-state index in [-0.39, 0.29) is 17.4 Å². The zero-order valence-electron chi connectivity index (χ0n) is 21.5. The van der Waals surface area contributed by atoms with Crippen LogP contribution < -0.4 is 15.6 Å². The lowest BCUT2D eigenvalue weighted by Crippen LogP contribution is -2.58. The van der Waals surface area contributed by atoms with Crippen LogP contribution in [0.5, 0.6) is 11.5 Å². The van der Waals surface area contributed by atoms with Crippen LogP contribution in [0.4, 0.5) is 0 Å². The van der Waals surface area contributed by atoms with Gasteiger partial charge in [0.15, 0.2) is 0 Å². The van der Waals surface area contributed by atoms with Gasteiger partial charge in [0.25, 0.3) is 0 Å². The standard InChI is InChI=1S/C30H39N3O3/c1-2-27(31-16-12-23-6-10-28(34)30-26(23)9-11-29(35)32-30)24-4-7-25(8-5-24)36-21-3-17-33-18-13-22(14-19-33)15-20-33/h4-11,22,27,31H,2-3,12-21H2,1H3,(H-,32,34,35)/p+1. The van der Waals surface area contributed by atoms with Crippen molar-refractivity contribution >= 4 is 10.9 Å². The average Bonchev–Trinajstić information content (AvgIpc) is 2.92. The van der Waals surface area contributed by atoms with Gasteiger partial charge in [0.05, 0.1) is 38.3 Å². The second kappa shape index (κ2) is 11.1. The Labute approximate surface area is 213 Å². The fourth-order valence-electron chi connectivity index (χ4n) is 6.25. The molecule has 6 heteroatoms. The molecule has 0 spiro atoms. The maximum Gasteiger partial charge on any atom is 0.248 e. The van der Waals surface area contributed by atoms with Crippen molar-refractivity contribution in [3.63, 3.8) is 0 Å². The summed E-state index contributed by atoms with van der Waals surface area (Å²) in [5, 5.41) is 14.7. The largest absolute Gasteiger partial charge is 0.506 e. The van der Waals surface area contributed by atoms with Gasteiger partial charge in [0.2, 0.25) is 5.56 Å². The Balaban J connectivity index is 1.10. The highest BCUT2D eigenvalue weighted by molar-refractivity contribution is 5.87. The number of quaternary nitrogens is 1. The zero-order valence-corrected chi connectivity index (χ0v) is 21.5. The van der Waals surface area contributed by atoms with Gasteiger partial charge in [0, 0.05) is 23.9 Å². The number of aromatic amines is 1. The van der Waals surface area contributed by atoms with Crippen molar-refractivity contribution in [1.82, 2.24) is 10.3 Å². The molecule has 3 fully saturated rings. The molecular formula is C30H40N3O3+. The lowest BCUT2D eigenvalue weighted by Gasteiger charge is -2.49. The van der Waals surface area contributed by atoms with Crippen molar-refractivity contribution in [3.8, 4) is 11.5 Å². The number of pyridine rings is 1. The second-order valence-corrected chi connectivity index (χ2v) is 10.8. The fraction of sp³-hybridized carbons (Fsp3) is 0.500. The lowest BCUT2D eigenvalue weighted by molar-refractivity contribution is -0.942. The Morgan fingerprint density at radius 2 is 1.81 bits per heavy atom.